The fraction of sp³-hybridized carbons (Fsp3) is 0.125. The number of nitrogens with zero attached hydrogens (tertiary/aromatic N) is 2. The molecule has 0 spiro atoms. The van der Waals surface area contributed by atoms with Crippen LogP contribution < -0.4 is 5.73 Å². The van der Waals surface area contributed by atoms with E-state index in [1.54, 1.807) is 0 Å². The summed E-state index contributed by atoms with van der Waals surface area (Å²) in [5.41, 5.74) is 11.3. The van der Waals surface area contributed by atoms with Crippen molar-refractivity contribution in [2.45, 2.75) is 20.3 Å². The summed E-state index contributed by atoms with van der Waals surface area (Å²) in [4.78, 5) is 4.68. The maximum Gasteiger partial charge on any atom is 0.161 e. The van der Waals surface area contributed by atoms with Gasteiger partial charge in [0.25, 0.3) is 0 Å². The molecule has 0 atom stereocenters. The molecule has 0 radical (unpaired) electrons. The zero-order valence-electron chi connectivity index (χ0n) is 15.8. The van der Waals surface area contributed by atoms with Crippen LogP contribution in [0, 0.1) is 6.92 Å². The second-order valence-electron chi connectivity index (χ2n) is 6.32. The molecule has 0 fully saturated rings. The van der Waals surface area contributed by atoms with E-state index in [-0.39, 0.29) is 0 Å². The topological polar surface area (TPSA) is 43.8 Å². The van der Waals surface area contributed by atoms with E-state index in [9.17, 15) is 0 Å². The Morgan fingerprint density at radius 2 is 1.48 bits per heavy atom. The van der Waals surface area contributed by atoms with Crippen LogP contribution in [0.1, 0.15) is 24.7 Å². The molecule has 0 saturated heterocycles. The maximum absolute atomic E-state index is 6.19. The van der Waals surface area contributed by atoms with Gasteiger partial charge in [-0.3, -0.25) is 4.57 Å². The van der Waals surface area contributed by atoms with E-state index in [0.29, 0.717) is 5.70 Å². The van der Waals surface area contributed by atoms with Crippen LogP contribution in [0.4, 0.5) is 0 Å². The predicted octanol–water partition coefficient (Wildman–Crippen LogP) is 5.73. The Morgan fingerprint density at radius 1 is 0.889 bits per heavy atom. The minimum Gasteiger partial charge on any atom is -0.396 e. The SMILES string of the molecule is CC/C=C(\N)c1nc2ccccc2n1-c1ccccc1.Cc1ccccc1. The summed E-state index contributed by atoms with van der Waals surface area (Å²) in [5, 5.41) is 0. The molecule has 0 aliphatic heterocycles. The molecule has 1 heterocycles. The molecule has 0 bridgehead atoms. The van der Waals surface area contributed by atoms with Crippen LogP contribution in [0.15, 0.2) is 91.0 Å². The molecular formula is C24H25N3. The van der Waals surface area contributed by atoms with Crippen molar-refractivity contribution in [3.63, 3.8) is 0 Å². The van der Waals surface area contributed by atoms with Crippen molar-refractivity contribution >= 4 is 16.7 Å². The second-order valence-corrected chi connectivity index (χ2v) is 6.32. The first kappa shape index (κ1) is 18.5. The molecular weight excluding hydrogens is 330 g/mol. The molecule has 0 amide bonds. The van der Waals surface area contributed by atoms with E-state index in [1.807, 2.05) is 60.7 Å². The van der Waals surface area contributed by atoms with Crippen molar-refractivity contribution in [3.8, 4) is 5.69 Å². The number of rotatable bonds is 3. The minimum atomic E-state index is 0.715. The first-order valence-electron chi connectivity index (χ1n) is 9.21. The number of aryl methyl sites for hydroxylation is 1. The molecule has 3 nitrogen and oxygen atoms in total. The summed E-state index contributed by atoms with van der Waals surface area (Å²) in [6.07, 6.45) is 2.89. The summed E-state index contributed by atoms with van der Waals surface area (Å²) in [6.45, 7) is 4.16. The van der Waals surface area contributed by atoms with E-state index in [1.165, 1.54) is 5.56 Å². The van der Waals surface area contributed by atoms with E-state index in [2.05, 4.69) is 53.7 Å². The second kappa shape index (κ2) is 8.86. The van der Waals surface area contributed by atoms with Crippen molar-refractivity contribution in [2.24, 2.45) is 5.73 Å². The molecule has 0 unspecified atom stereocenters. The van der Waals surface area contributed by atoms with E-state index in [0.717, 1.165) is 29.0 Å². The van der Waals surface area contributed by atoms with Gasteiger partial charge in [0.1, 0.15) is 0 Å². The van der Waals surface area contributed by atoms with Gasteiger partial charge >= 0.3 is 0 Å². The molecule has 0 aliphatic carbocycles. The largest absolute Gasteiger partial charge is 0.396 e. The molecule has 3 aromatic carbocycles. The van der Waals surface area contributed by atoms with Crippen LogP contribution in [-0.4, -0.2) is 9.55 Å². The van der Waals surface area contributed by atoms with Gasteiger partial charge in [-0.25, -0.2) is 4.98 Å². The Morgan fingerprint density at radius 3 is 2.07 bits per heavy atom. The number of nitrogens with two attached hydrogens (primary N) is 1. The van der Waals surface area contributed by atoms with E-state index < -0.39 is 0 Å². The van der Waals surface area contributed by atoms with Gasteiger partial charge in [0, 0.05) is 5.69 Å². The number of imidazole rings is 1. The van der Waals surface area contributed by atoms with Crippen LogP contribution in [0.5, 0.6) is 0 Å². The highest BCUT2D eigenvalue weighted by atomic mass is 15.1. The van der Waals surface area contributed by atoms with Crippen molar-refractivity contribution in [2.75, 3.05) is 0 Å². The van der Waals surface area contributed by atoms with Gasteiger partial charge in [-0.15, -0.1) is 0 Å². The summed E-state index contributed by atoms with van der Waals surface area (Å²) in [5.74, 6) is 0.805. The first-order chi connectivity index (χ1) is 13.2. The summed E-state index contributed by atoms with van der Waals surface area (Å²) in [6, 6.07) is 28.5. The number of benzene rings is 3. The lowest BCUT2D eigenvalue weighted by Gasteiger charge is -2.09. The van der Waals surface area contributed by atoms with Crippen LogP contribution in [-0.2, 0) is 0 Å². The standard InChI is InChI=1S/C17H17N3.C7H8/c1-2-8-14(18)17-19-15-11-6-7-12-16(15)20(17)13-9-4-3-5-10-13;1-7-5-3-2-4-6-7/h3-12H,2,18H2,1H3;2-6H,1H3/b14-8-;. The average molecular weight is 355 g/mol. The normalized spacial score (nSPS) is 11.1. The zero-order chi connectivity index (χ0) is 19.1. The van der Waals surface area contributed by atoms with Crippen molar-refractivity contribution in [1.82, 2.24) is 9.55 Å². The molecule has 4 rings (SSSR count). The number of para-hydroxylation sites is 3. The fourth-order valence-electron chi connectivity index (χ4n) is 2.90. The Bertz CT molecular complexity index is 1020. The third-order valence-electron chi connectivity index (χ3n) is 4.20. The van der Waals surface area contributed by atoms with Crippen molar-refractivity contribution in [1.29, 1.82) is 0 Å². The lowest BCUT2D eigenvalue weighted by Crippen LogP contribution is -2.06. The quantitative estimate of drug-likeness (QED) is 0.510. The molecule has 2 N–H and O–H groups in total. The van der Waals surface area contributed by atoms with Gasteiger partial charge < -0.3 is 5.73 Å². The van der Waals surface area contributed by atoms with Crippen LogP contribution >= 0.6 is 0 Å². The molecule has 0 aliphatic rings. The van der Waals surface area contributed by atoms with Crippen molar-refractivity contribution < 1.29 is 0 Å². The third kappa shape index (κ3) is 4.45. The van der Waals surface area contributed by atoms with E-state index in [4.69, 9.17) is 5.73 Å². The Balaban J connectivity index is 0.000000253. The van der Waals surface area contributed by atoms with Gasteiger partial charge in [-0.05, 0) is 37.6 Å². The minimum absolute atomic E-state index is 0.715. The predicted molar refractivity (Wildman–Crippen MR) is 115 cm³/mol. The van der Waals surface area contributed by atoms with Gasteiger partial charge in [0.05, 0.1) is 16.7 Å². The third-order valence-corrected chi connectivity index (χ3v) is 4.20. The van der Waals surface area contributed by atoms with Gasteiger partial charge in [0.2, 0.25) is 0 Å². The summed E-state index contributed by atoms with van der Waals surface area (Å²) < 4.78 is 2.11. The Hall–Kier alpha value is -3.33. The smallest absolute Gasteiger partial charge is 0.161 e. The number of fused-ring (bicyclic) bond motifs is 1. The molecule has 4 aromatic rings. The lowest BCUT2D eigenvalue weighted by molar-refractivity contribution is 1.04. The Labute approximate surface area is 160 Å². The molecule has 3 heteroatoms. The first-order valence-corrected chi connectivity index (χ1v) is 9.21. The number of allylic oxidation sites excluding steroid dienone is 1. The van der Waals surface area contributed by atoms with Crippen molar-refractivity contribution in [3.05, 3.63) is 102 Å². The Kier molecular flexibility index (Phi) is 6.06. The molecule has 27 heavy (non-hydrogen) atoms. The van der Waals surface area contributed by atoms with E-state index >= 15 is 0 Å². The number of hydrogen-bond donors (Lipinski definition) is 1. The zero-order valence-corrected chi connectivity index (χ0v) is 15.8. The lowest BCUT2D eigenvalue weighted by atomic mass is 10.2. The summed E-state index contributed by atoms with van der Waals surface area (Å²) in [7, 11) is 0. The van der Waals surface area contributed by atoms with Crippen LogP contribution in [0.2, 0.25) is 0 Å². The summed E-state index contributed by atoms with van der Waals surface area (Å²) >= 11 is 0. The van der Waals surface area contributed by atoms with Crippen LogP contribution in [0.3, 0.4) is 0 Å². The average Bonchev–Trinajstić information content (AvgIpc) is 3.10. The maximum atomic E-state index is 6.19. The van der Waals surface area contributed by atoms with Gasteiger partial charge in [-0.1, -0.05) is 79.2 Å². The highest BCUT2D eigenvalue weighted by Gasteiger charge is 2.13. The number of hydrogen-bond acceptors (Lipinski definition) is 2. The fourth-order valence-corrected chi connectivity index (χ4v) is 2.90. The monoisotopic (exact) mass is 355 g/mol. The molecule has 136 valence electrons. The number of aromatic nitrogens is 2. The molecule has 0 saturated carbocycles. The van der Waals surface area contributed by atoms with Gasteiger partial charge in [0.15, 0.2) is 5.82 Å². The molecule has 1 aromatic heterocycles. The highest BCUT2D eigenvalue weighted by molar-refractivity contribution is 5.81. The van der Waals surface area contributed by atoms with Gasteiger partial charge in [-0.2, -0.15) is 0 Å². The highest BCUT2D eigenvalue weighted by Crippen LogP contribution is 2.24. The van der Waals surface area contributed by atoms with Crippen LogP contribution in [0.25, 0.3) is 22.4 Å².